The van der Waals surface area contributed by atoms with Gasteiger partial charge in [-0.2, -0.15) is 0 Å². The van der Waals surface area contributed by atoms with E-state index in [1.807, 2.05) is 0 Å². The van der Waals surface area contributed by atoms with Crippen molar-refractivity contribution in [1.29, 1.82) is 0 Å². The van der Waals surface area contributed by atoms with Gasteiger partial charge in [0.25, 0.3) is 11.8 Å². The van der Waals surface area contributed by atoms with Crippen LogP contribution in [0.4, 0.5) is 0 Å². The monoisotopic (exact) mass is 755 g/mol. The summed E-state index contributed by atoms with van der Waals surface area (Å²) in [4.78, 5) is 70.0. The Balaban J connectivity index is 1.49. The van der Waals surface area contributed by atoms with Gasteiger partial charge in [-0.3, -0.25) is 24.0 Å². The lowest BCUT2D eigenvalue weighted by Gasteiger charge is -2.43. The lowest BCUT2D eigenvalue weighted by molar-refractivity contribution is -0.146. The summed E-state index contributed by atoms with van der Waals surface area (Å²) in [6.07, 6.45) is 9.16. The van der Waals surface area contributed by atoms with E-state index in [0.29, 0.717) is 25.0 Å². The molecule has 16 heteroatoms. The molecule has 5 N–H and O–H groups in total. The number of rotatable bonds is 12. The van der Waals surface area contributed by atoms with Gasteiger partial charge in [-0.25, -0.2) is 13.1 Å². The minimum Gasteiger partial charge on any atom is -0.384 e. The summed E-state index contributed by atoms with van der Waals surface area (Å²) < 4.78 is 25.5. The highest BCUT2D eigenvalue weighted by Gasteiger charge is 2.51. The Morgan fingerprint density at radius 1 is 1.02 bits per heavy atom. The second-order valence-corrected chi connectivity index (χ2v) is 18.5. The van der Waals surface area contributed by atoms with Gasteiger partial charge in [0.15, 0.2) is 9.84 Å². The Labute approximate surface area is 310 Å². The number of sulfone groups is 1. The van der Waals surface area contributed by atoms with Crippen molar-refractivity contribution in [2.45, 2.75) is 132 Å². The van der Waals surface area contributed by atoms with Crippen LogP contribution in [0.1, 0.15) is 120 Å². The molecule has 1 unspecified atom stereocenters. The van der Waals surface area contributed by atoms with Crippen LogP contribution < -0.4 is 16.4 Å². The minimum atomic E-state index is -3.50. The van der Waals surface area contributed by atoms with Crippen LogP contribution in [0.25, 0.3) is 0 Å². The van der Waals surface area contributed by atoms with Crippen LogP contribution in [0.15, 0.2) is 35.4 Å². The fourth-order valence-corrected chi connectivity index (χ4v) is 8.66. The topological polar surface area (TPSA) is 224 Å². The number of nitrogens with one attached hydrogen (secondary N) is 2. The molecule has 0 bridgehead atoms. The summed E-state index contributed by atoms with van der Waals surface area (Å²) in [5.41, 5.74) is 3.03. The molecule has 4 amide bonds. The molecule has 290 valence electrons. The van der Waals surface area contributed by atoms with Crippen molar-refractivity contribution in [3.63, 3.8) is 0 Å². The first kappa shape index (κ1) is 40.0. The fraction of sp³-hybridized carbons (Fsp3) is 0.649. The third-order valence-electron chi connectivity index (χ3n) is 11.3. The average molecular weight is 756 g/mol. The Bertz CT molecular complexity index is 1820. The summed E-state index contributed by atoms with van der Waals surface area (Å²) in [6.45, 7) is 7.23. The van der Waals surface area contributed by atoms with Crippen molar-refractivity contribution in [3.8, 4) is 0 Å². The standard InChI is InChI=1S/C37H53N7O8S/c1-35(2)15-17-37(18-16-35,30(45)31(38)46)41-33(48)28-20-25(44-29(21-39-42-44)36(3,4)50)22-43(28)34(49)27(19-23-9-7-6-8-10-23)40-32(47)24-11-13-26(14-12-24)53(5,51)52/h11-14,21,23,25,27-28,50H,6-10,15-20,22H2,1-5H3,(H2,38,46)(H,40,47)(H,41,48)/t25-,27?,28-/m0/s1. The van der Waals surface area contributed by atoms with Crippen molar-refractivity contribution < 1.29 is 37.5 Å². The summed E-state index contributed by atoms with van der Waals surface area (Å²) >= 11 is 0. The van der Waals surface area contributed by atoms with E-state index in [-0.39, 0.29) is 47.6 Å². The van der Waals surface area contributed by atoms with Gasteiger partial charge in [-0.1, -0.05) is 51.2 Å². The molecule has 3 aliphatic rings. The molecular formula is C37H53N7O8S. The van der Waals surface area contributed by atoms with Gasteiger partial charge in [0, 0.05) is 24.8 Å². The molecule has 1 saturated heterocycles. The maximum absolute atomic E-state index is 14.8. The SMILES string of the molecule is CC1(C)CCC(NC(=O)[C@@H]2C[C@H](n3nncc3C(C)(C)O)CN2C(=O)C(CC2CCCCC2)NC(=O)c2ccc(S(C)(=O)=O)cc2)(C(=O)C(N)=O)CC1. The molecule has 0 spiro atoms. The number of primary amides is 1. The van der Waals surface area contributed by atoms with Crippen LogP contribution in [0.3, 0.4) is 0 Å². The zero-order valence-electron chi connectivity index (χ0n) is 31.3. The number of aromatic nitrogens is 3. The van der Waals surface area contributed by atoms with Gasteiger partial charge in [-0.15, -0.1) is 5.10 Å². The summed E-state index contributed by atoms with van der Waals surface area (Å²) in [5, 5.41) is 24.9. The van der Waals surface area contributed by atoms with Crippen molar-refractivity contribution >= 4 is 39.2 Å². The molecule has 2 aromatic rings. The van der Waals surface area contributed by atoms with E-state index >= 15 is 0 Å². The molecule has 3 fully saturated rings. The van der Waals surface area contributed by atoms with E-state index < -0.39 is 68.5 Å². The molecule has 2 aliphatic carbocycles. The predicted octanol–water partition coefficient (Wildman–Crippen LogP) is 2.33. The third-order valence-corrected chi connectivity index (χ3v) is 12.5. The van der Waals surface area contributed by atoms with E-state index in [4.69, 9.17) is 5.73 Å². The Morgan fingerprint density at radius 2 is 1.64 bits per heavy atom. The highest BCUT2D eigenvalue weighted by molar-refractivity contribution is 7.90. The third kappa shape index (κ3) is 9.14. The molecule has 1 aliphatic heterocycles. The van der Waals surface area contributed by atoms with Crippen LogP contribution in [-0.2, 0) is 34.6 Å². The summed E-state index contributed by atoms with van der Waals surface area (Å²) in [7, 11) is -3.50. The van der Waals surface area contributed by atoms with Crippen LogP contribution >= 0.6 is 0 Å². The molecule has 3 atom stereocenters. The first-order valence-electron chi connectivity index (χ1n) is 18.4. The van der Waals surface area contributed by atoms with Crippen LogP contribution in [-0.4, -0.2) is 93.3 Å². The number of likely N-dealkylation sites (tertiary alicyclic amines) is 1. The molecule has 2 heterocycles. The predicted molar refractivity (Wildman–Crippen MR) is 194 cm³/mol. The molecule has 1 aromatic heterocycles. The average Bonchev–Trinajstić information content (AvgIpc) is 3.77. The number of hydrogen-bond acceptors (Lipinski definition) is 10. The molecular weight excluding hydrogens is 703 g/mol. The first-order chi connectivity index (χ1) is 24.7. The van der Waals surface area contributed by atoms with Crippen molar-refractivity contribution in [1.82, 2.24) is 30.5 Å². The van der Waals surface area contributed by atoms with Gasteiger partial charge in [0.05, 0.1) is 22.8 Å². The Hall–Kier alpha value is -4.18. The van der Waals surface area contributed by atoms with Crippen molar-refractivity contribution in [2.75, 3.05) is 12.8 Å². The number of aliphatic hydroxyl groups is 1. The lowest BCUT2D eigenvalue weighted by atomic mass is 9.67. The quantitative estimate of drug-likeness (QED) is 0.232. The van der Waals surface area contributed by atoms with Gasteiger partial charge >= 0.3 is 0 Å². The van der Waals surface area contributed by atoms with E-state index in [1.54, 1.807) is 13.8 Å². The second-order valence-electron chi connectivity index (χ2n) is 16.5. The molecule has 5 rings (SSSR count). The normalized spacial score (nSPS) is 22.5. The van der Waals surface area contributed by atoms with Crippen molar-refractivity contribution in [2.24, 2.45) is 17.1 Å². The number of nitrogens with two attached hydrogens (primary N) is 1. The van der Waals surface area contributed by atoms with Gasteiger partial charge in [-0.05, 0) is 81.5 Å². The van der Waals surface area contributed by atoms with E-state index in [2.05, 4.69) is 34.8 Å². The number of benzene rings is 1. The highest BCUT2D eigenvalue weighted by Crippen LogP contribution is 2.41. The minimum absolute atomic E-state index is 0.0206. The number of ketones is 1. The fourth-order valence-electron chi connectivity index (χ4n) is 8.02. The van der Waals surface area contributed by atoms with Gasteiger partial charge in [0.2, 0.25) is 17.6 Å². The molecule has 0 radical (unpaired) electrons. The summed E-state index contributed by atoms with van der Waals surface area (Å²) in [6, 6.07) is 2.65. The Kier molecular flexibility index (Phi) is 11.5. The van der Waals surface area contributed by atoms with Crippen LogP contribution in [0.5, 0.6) is 0 Å². The second kappa shape index (κ2) is 15.3. The smallest absolute Gasteiger partial charge is 0.287 e. The zero-order chi connectivity index (χ0) is 38.9. The van der Waals surface area contributed by atoms with E-state index in [1.165, 1.54) is 40.0 Å². The number of nitrogens with zero attached hydrogens (tertiary/aromatic N) is 4. The maximum atomic E-state index is 14.8. The highest BCUT2D eigenvalue weighted by atomic mass is 32.2. The molecule has 1 aromatic carbocycles. The van der Waals surface area contributed by atoms with E-state index in [9.17, 15) is 37.5 Å². The maximum Gasteiger partial charge on any atom is 0.287 e. The molecule has 53 heavy (non-hydrogen) atoms. The van der Waals surface area contributed by atoms with E-state index in [0.717, 1.165) is 38.4 Å². The number of hydrogen-bond donors (Lipinski definition) is 4. The molecule has 2 saturated carbocycles. The molecule has 15 nitrogen and oxygen atoms in total. The largest absolute Gasteiger partial charge is 0.384 e. The first-order valence-corrected chi connectivity index (χ1v) is 20.3. The van der Waals surface area contributed by atoms with Gasteiger partial charge in [0.1, 0.15) is 23.2 Å². The number of carbonyl (C=O) groups excluding carboxylic acids is 5. The number of amides is 4. The number of carbonyl (C=O) groups is 5. The van der Waals surface area contributed by atoms with Gasteiger partial charge < -0.3 is 26.4 Å². The zero-order valence-corrected chi connectivity index (χ0v) is 32.1. The van der Waals surface area contributed by atoms with Crippen LogP contribution in [0.2, 0.25) is 0 Å². The number of Topliss-reactive ketones (excluding diaryl/α,β-unsaturated/α-hetero) is 1. The van der Waals surface area contributed by atoms with Crippen molar-refractivity contribution in [3.05, 3.63) is 41.7 Å². The lowest BCUT2D eigenvalue weighted by Crippen LogP contribution is -2.63. The Morgan fingerprint density at radius 3 is 2.21 bits per heavy atom. The summed E-state index contributed by atoms with van der Waals surface area (Å²) in [5.74, 6) is -3.63. The van der Waals surface area contributed by atoms with Crippen LogP contribution in [0, 0.1) is 11.3 Å².